The summed E-state index contributed by atoms with van der Waals surface area (Å²) in [5.41, 5.74) is 5.30. The molecule has 0 aromatic rings. The van der Waals surface area contributed by atoms with Gasteiger partial charge in [-0.1, -0.05) is 6.92 Å². The van der Waals surface area contributed by atoms with E-state index in [2.05, 4.69) is 0 Å². The average Bonchev–Trinajstić information content (AvgIpc) is 2.54. The van der Waals surface area contributed by atoms with Crippen LogP contribution in [0.1, 0.15) is 19.8 Å². The van der Waals surface area contributed by atoms with E-state index in [9.17, 15) is 13.2 Å². The largest absolute Gasteiger partial charge is 0.338 e. The lowest BCUT2D eigenvalue weighted by atomic mass is 10.2. The first-order valence-corrected chi connectivity index (χ1v) is 7.02. The first-order chi connectivity index (χ1) is 7.00. The Labute approximate surface area is 103 Å². The molecular formula is C9H19ClN2O3S. The standard InChI is InChI=1S/C9H18N2O3S.ClH/c1-2-4-11(9(12)6-10)8-3-5-15(13,14)7-8;/h8H,2-7,10H2,1H3;1H. The van der Waals surface area contributed by atoms with Crippen LogP contribution in [-0.4, -0.2) is 49.9 Å². The van der Waals surface area contributed by atoms with Crippen LogP contribution in [0.25, 0.3) is 0 Å². The fourth-order valence-electron chi connectivity index (χ4n) is 1.89. The van der Waals surface area contributed by atoms with Gasteiger partial charge in [0.1, 0.15) is 0 Å². The van der Waals surface area contributed by atoms with E-state index in [0.29, 0.717) is 13.0 Å². The highest BCUT2D eigenvalue weighted by Crippen LogP contribution is 2.17. The molecule has 1 aliphatic heterocycles. The lowest BCUT2D eigenvalue weighted by Gasteiger charge is -2.27. The van der Waals surface area contributed by atoms with E-state index in [1.807, 2.05) is 6.92 Å². The number of hydrogen-bond acceptors (Lipinski definition) is 4. The topological polar surface area (TPSA) is 80.5 Å². The van der Waals surface area contributed by atoms with Gasteiger partial charge in [0.15, 0.2) is 9.84 Å². The second-order valence-corrected chi connectivity index (χ2v) is 6.08. The van der Waals surface area contributed by atoms with Crippen molar-refractivity contribution < 1.29 is 13.2 Å². The third-order valence-corrected chi connectivity index (χ3v) is 4.36. The number of sulfone groups is 1. The van der Waals surface area contributed by atoms with Gasteiger partial charge in [0.05, 0.1) is 18.1 Å². The average molecular weight is 271 g/mol. The van der Waals surface area contributed by atoms with E-state index in [1.54, 1.807) is 4.90 Å². The van der Waals surface area contributed by atoms with Gasteiger partial charge in [0.2, 0.25) is 5.91 Å². The second-order valence-electron chi connectivity index (χ2n) is 3.85. The van der Waals surface area contributed by atoms with Crippen molar-refractivity contribution in [3.63, 3.8) is 0 Å². The molecule has 1 rings (SSSR count). The number of nitrogens with zero attached hydrogens (tertiary/aromatic N) is 1. The lowest BCUT2D eigenvalue weighted by molar-refractivity contribution is -0.131. The zero-order valence-corrected chi connectivity index (χ0v) is 11.0. The molecule has 2 N–H and O–H groups in total. The van der Waals surface area contributed by atoms with Crippen molar-refractivity contribution in [2.75, 3.05) is 24.6 Å². The summed E-state index contributed by atoms with van der Waals surface area (Å²) in [7, 11) is -2.94. The Morgan fingerprint density at radius 1 is 1.50 bits per heavy atom. The number of rotatable bonds is 4. The predicted molar refractivity (Wildman–Crippen MR) is 65.4 cm³/mol. The number of halogens is 1. The highest BCUT2D eigenvalue weighted by molar-refractivity contribution is 7.91. The summed E-state index contributed by atoms with van der Waals surface area (Å²) in [5, 5.41) is 0. The van der Waals surface area contributed by atoms with Crippen LogP contribution < -0.4 is 5.73 Å². The van der Waals surface area contributed by atoms with E-state index >= 15 is 0 Å². The van der Waals surface area contributed by atoms with Gasteiger partial charge in [0.25, 0.3) is 0 Å². The lowest BCUT2D eigenvalue weighted by Crippen LogP contribution is -2.44. The van der Waals surface area contributed by atoms with Crippen molar-refractivity contribution in [3.8, 4) is 0 Å². The van der Waals surface area contributed by atoms with Crippen molar-refractivity contribution in [2.45, 2.75) is 25.8 Å². The predicted octanol–water partition coefficient (Wildman–Crippen LogP) is -0.207. The molecule has 1 unspecified atom stereocenters. The normalized spacial score (nSPS) is 22.5. The molecule has 1 atom stereocenters. The van der Waals surface area contributed by atoms with Crippen molar-refractivity contribution in [3.05, 3.63) is 0 Å². The molecule has 1 fully saturated rings. The minimum atomic E-state index is -2.94. The van der Waals surface area contributed by atoms with Gasteiger partial charge in [-0.3, -0.25) is 4.79 Å². The Morgan fingerprint density at radius 3 is 2.50 bits per heavy atom. The Bertz CT molecular complexity index is 332. The van der Waals surface area contributed by atoms with E-state index in [4.69, 9.17) is 5.73 Å². The quantitative estimate of drug-likeness (QED) is 0.767. The van der Waals surface area contributed by atoms with E-state index < -0.39 is 9.84 Å². The highest BCUT2D eigenvalue weighted by atomic mass is 35.5. The third-order valence-electron chi connectivity index (χ3n) is 2.61. The number of nitrogens with two attached hydrogens (primary N) is 1. The van der Waals surface area contributed by atoms with Crippen molar-refractivity contribution >= 4 is 28.2 Å². The summed E-state index contributed by atoms with van der Waals surface area (Å²) in [6.45, 7) is 2.51. The molecule has 0 bridgehead atoms. The molecule has 5 nitrogen and oxygen atoms in total. The smallest absolute Gasteiger partial charge is 0.236 e. The fourth-order valence-corrected chi connectivity index (χ4v) is 3.62. The Balaban J connectivity index is 0.00000225. The minimum Gasteiger partial charge on any atom is -0.338 e. The maximum absolute atomic E-state index is 11.5. The van der Waals surface area contributed by atoms with Gasteiger partial charge in [-0.25, -0.2) is 8.42 Å². The molecule has 0 spiro atoms. The van der Waals surface area contributed by atoms with Crippen LogP contribution in [0.2, 0.25) is 0 Å². The third kappa shape index (κ3) is 3.92. The second kappa shape index (κ2) is 6.42. The summed E-state index contributed by atoms with van der Waals surface area (Å²) in [6, 6.07) is -0.161. The summed E-state index contributed by atoms with van der Waals surface area (Å²) in [4.78, 5) is 13.1. The molecule has 0 aliphatic carbocycles. The van der Waals surface area contributed by atoms with Gasteiger partial charge in [-0.2, -0.15) is 0 Å². The van der Waals surface area contributed by atoms with Crippen molar-refractivity contribution in [1.82, 2.24) is 4.90 Å². The number of amides is 1. The molecule has 1 amide bonds. The number of hydrogen-bond donors (Lipinski definition) is 1. The van der Waals surface area contributed by atoms with E-state index in [-0.39, 0.29) is 42.4 Å². The Kier molecular flexibility index (Phi) is 6.28. The SMILES string of the molecule is CCCN(C(=O)CN)C1CCS(=O)(=O)C1.Cl. The molecule has 0 aromatic carbocycles. The number of carbonyl (C=O) groups excluding carboxylic acids is 1. The summed E-state index contributed by atoms with van der Waals surface area (Å²) >= 11 is 0. The molecular weight excluding hydrogens is 252 g/mol. The molecule has 16 heavy (non-hydrogen) atoms. The molecule has 0 radical (unpaired) electrons. The monoisotopic (exact) mass is 270 g/mol. The first kappa shape index (κ1) is 15.7. The highest BCUT2D eigenvalue weighted by Gasteiger charge is 2.33. The Morgan fingerprint density at radius 2 is 2.12 bits per heavy atom. The van der Waals surface area contributed by atoms with Crippen LogP contribution in [-0.2, 0) is 14.6 Å². The Hall–Kier alpha value is -0.330. The maximum Gasteiger partial charge on any atom is 0.236 e. The molecule has 0 saturated carbocycles. The molecule has 1 heterocycles. The van der Waals surface area contributed by atoms with Crippen molar-refractivity contribution in [2.24, 2.45) is 5.73 Å². The fraction of sp³-hybridized carbons (Fsp3) is 0.889. The van der Waals surface area contributed by atoms with Gasteiger partial charge >= 0.3 is 0 Å². The van der Waals surface area contributed by atoms with Crippen LogP contribution >= 0.6 is 12.4 Å². The zero-order valence-electron chi connectivity index (χ0n) is 9.39. The minimum absolute atomic E-state index is 0. The van der Waals surface area contributed by atoms with Gasteiger partial charge in [-0.15, -0.1) is 12.4 Å². The van der Waals surface area contributed by atoms with Gasteiger partial charge in [0, 0.05) is 12.6 Å². The van der Waals surface area contributed by atoms with Gasteiger partial charge in [-0.05, 0) is 12.8 Å². The number of carbonyl (C=O) groups is 1. The van der Waals surface area contributed by atoms with E-state index in [1.165, 1.54) is 0 Å². The molecule has 0 aromatic heterocycles. The van der Waals surface area contributed by atoms with Crippen LogP contribution in [0.4, 0.5) is 0 Å². The zero-order chi connectivity index (χ0) is 11.5. The van der Waals surface area contributed by atoms with Crippen molar-refractivity contribution in [1.29, 1.82) is 0 Å². The van der Waals surface area contributed by atoms with Crippen LogP contribution in [0.3, 0.4) is 0 Å². The molecule has 7 heteroatoms. The molecule has 1 saturated heterocycles. The molecule has 96 valence electrons. The first-order valence-electron chi connectivity index (χ1n) is 5.20. The molecule has 1 aliphatic rings. The van der Waals surface area contributed by atoms with Crippen LogP contribution in [0, 0.1) is 0 Å². The summed E-state index contributed by atoms with van der Waals surface area (Å²) < 4.78 is 22.6. The summed E-state index contributed by atoms with van der Waals surface area (Å²) in [5.74, 6) is 0.132. The van der Waals surface area contributed by atoms with Gasteiger partial charge < -0.3 is 10.6 Å². The summed E-state index contributed by atoms with van der Waals surface area (Å²) in [6.07, 6.45) is 1.37. The van der Waals surface area contributed by atoms with Crippen LogP contribution in [0.15, 0.2) is 0 Å². The van der Waals surface area contributed by atoms with E-state index in [0.717, 1.165) is 6.42 Å². The van der Waals surface area contributed by atoms with Crippen LogP contribution in [0.5, 0.6) is 0 Å². The maximum atomic E-state index is 11.5.